The Morgan fingerprint density at radius 3 is 2.40 bits per heavy atom. The molecule has 2 rings (SSSR count). The molecule has 108 valence electrons. The SMILES string of the molecule is Cc1ccc(C(C)NC(=O)C(=O)N2CCNCC2)cc1. The zero-order valence-electron chi connectivity index (χ0n) is 12.0. The number of aryl methyl sites for hydroxylation is 1. The Kier molecular flexibility index (Phi) is 4.74. The van der Waals surface area contributed by atoms with Crippen LogP contribution in [-0.2, 0) is 9.59 Å². The van der Waals surface area contributed by atoms with Gasteiger partial charge in [-0.1, -0.05) is 29.8 Å². The molecule has 1 aliphatic heterocycles. The number of hydrogen-bond donors (Lipinski definition) is 2. The number of piperazine rings is 1. The van der Waals surface area contributed by atoms with Gasteiger partial charge < -0.3 is 15.5 Å². The van der Waals surface area contributed by atoms with Crippen LogP contribution < -0.4 is 10.6 Å². The molecular formula is C15H21N3O2. The second kappa shape index (κ2) is 6.52. The van der Waals surface area contributed by atoms with Gasteiger partial charge in [0.1, 0.15) is 0 Å². The lowest BCUT2D eigenvalue weighted by atomic mass is 10.1. The fourth-order valence-electron chi connectivity index (χ4n) is 2.21. The first kappa shape index (κ1) is 14.5. The van der Waals surface area contributed by atoms with Crippen LogP contribution in [0.2, 0.25) is 0 Å². The van der Waals surface area contributed by atoms with E-state index in [1.54, 1.807) is 4.90 Å². The Hall–Kier alpha value is -1.88. The van der Waals surface area contributed by atoms with Crippen LogP contribution >= 0.6 is 0 Å². The molecule has 0 spiro atoms. The highest BCUT2D eigenvalue weighted by atomic mass is 16.2. The fraction of sp³-hybridized carbons (Fsp3) is 0.467. The van der Waals surface area contributed by atoms with E-state index in [1.165, 1.54) is 5.56 Å². The van der Waals surface area contributed by atoms with Crippen molar-refractivity contribution in [3.8, 4) is 0 Å². The average Bonchev–Trinajstić information content (AvgIpc) is 2.48. The van der Waals surface area contributed by atoms with Gasteiger partial charge in [-0.05, 0) is 19.4 Å². The molecule has 1 heterocycles. The van der Waals surface area contributed by atoms with Gasteiger partial charge in [0, 0.05) is 26.2 Å². The Morgan fingerprint density at radius 2 is 1.80 bits per heavy atom. The molecule has 1 aromatic rings. The highest BCUT2D eigenvalue weighted by Gasteiger charge is 2.24. The van der Waals surface area contributed by atoms with E-state index in [9.17, 15) is 9.59 Å². The predicted octanol–water partition coefficient (Wildman–Crippen LogP) is 0.604. The fourth-order valence-corrected chi connectivity index (χ4v) is 2.21. The first-order chi connectivity index (χ1) is 9.58. The first-order valence-corrected chi connectivity index (χ1v) is 6.95. The van der Waals surface area contributed by atoms with E-state index in [0.717, 1.165) is 18.7 Å². The van der Waals surface area contributed by atoms with Crippen molar-refractivity contribution in [2.24, 2.45) is 0 Å². The summed E-state index contributed by atoms with van der Waals surface area (Å²) < 4.78 is 0. The van der Waals surface area contributed by atoms with Crippen molar-refractivity contribution in [1.82, 2.24) is 15.5 Å². The zero-order chi connectivity index (χ0) is 14.5. The Labute approximate surface area is 119 Å². The number of carbonyl (C=O) groups is 2. The van der Waals surface area contributed by atoms with Gasteiger partial charge in [0.25, 0.3) is 0 Å². The van der Waals surface area contributed by atoms with E-state index in [2.05, 4.69) is 10.6 Å². The van der Waals surface area contributed by atoms with E-state index >= 15 is 0 Å². The minimum atomic E-state index is -0.528. The van der Waals surface area contributed by atoms with Crippen molar-refractivity contribution in [3.63, 3.8) is 0 Å². The van der Waals surface area contributed by atoms with Crippen LogP contribution in [0.4, 0.5) is 0 Å². The molecule has 5 nitrogen and oxygen atoms in total. The number of rotatable bonds is 2. The molecule has 1 aromatic carbocycles. The summed E-state index contributed by atoms with van der Waals surface area (Å²) in [5.41, 5.74) is 2.17. The summed E-state index contributed by atoms with van der Waals surface area (Å²) in [6.45, 7) is 6.56. The number of hydrogen-bond acceptors (Lipinski definition) is 3. The quantitative estimate of drug-likeness (QED) is 0.777. The molecule has 1 fully saturated rings. The summed E-state index contributed by atoms with van der Waals surface area (Å²) in [5, 5.41) is 5.92. The second-order valence-corrected chi connectivity index (χ2v) is 5.15. The van der Waals surface area contributed by atoms with Crippen LogP contribution in [-0.4, -0.2) is 42.9 Å². The number of nitrogens with zero attached hydrogens (tertiary/aromatic N) is 1. The number of nitrogens with one attached hydrogen (secondary N) is 2. The Balaban J connectivity index is 1.92. The van der Waals surface area contributed by atoms with Gasteiger partial charge in [0.05, 0.1) is 6.04 Å². The van der Waals surface area contributed by atoms with Crippen LogP contribution in [0.25, 0.3) is 0 Å². The first-order valence-electron chi connectivity index (χ1n) is 6.95. The molecule has 20 heavy (non-hydrogen) atoms. The highest BCUT2D eigenvalue weighted by molar-refractivity contribution is 6.35. The van der Waals surface area contributed by atoms with Gasteiger partial charge in [-0.25, -0.2) is 0 Å². The summed E-state index contributed by atoms with van der Waals surface area (Å²) in [7, 11) is 0. The van der Waals surface area contributed by atoms with E-state index < -0.39 is 11.8 Å². The lowest BCUT2D eigenvalue weighted by Gasteiger charge is -2.27. The van der Waals surface area contributed by atoms with E-state index in [0.29, 0.717) is 13.1 Å². The molecule has 2 N–H and O–H groups in total. The summed E-state index contributed by atoms with van der Waals surface area (Å²) in [5.74, 6) is -0.967. The minimum Gasteiger partial charge on any atom is -0.341 e. The third-order valence-electron chi connectivity index (χ3n) is 3.52. The highest BCUT2D eigenvalue weighted by Crippen LogP contribution is 2.13. The van der Waals surface area contributed by atoms with Crippen LogP contribution in [0.1, 0.15) is 24.1 Å². The Bertz CT molecular complexity index is 478. The number of carbonyl (C=O) groups excluding carboxylic acids is 2. The third kappa shape index (κ3) is 3.57. The van der Waals surface area contributed by atoms with Gasteiger partial charge in [-0.15, -0.1) is 0 Å². The topological polar surface area (TPSA) is 61.4 Å². The van der Waals surface area contributed by atoms with Crippen molar-refractivity contribution < 1.29 is 9.59 Å². The average molecular weight is 275 g/mol. The largest absolute Gasteiger partial charge is 0.341 e. The lowest BCUT2D eigenvalue weighted by Crippen LogP contribution is -2.51. The second-order valence-electron chi connectivity index (χ2n) is 5.15. The van der Waals surface area contributed by atoms with Crippen molar-refractivity contribution in [1.29, 1.82) is 0 Å². The summed E-state index contributed by atoms with van der Waals surface area (Å²) in [6.07, 6.45) is 0. The van der Waals surface area contributed by atoms with Gasteiger partial charge >= 0.3 is 11.8 Å². The van der Waals surface area contributed by atoms with Crippen molar-refractivity contribution in [3.05, 3.63) is 35.4 Å². The molecule has 1 unspecified atom stereocenters. The zero-order valence-corrected chi connectivity index (χ0v) is 12.0. The maximum Gasteiger partial charge on any atom is 0.311 e. The molecule has 0 saturated carbocycles. The van der Waals surface area contributed by atoms with Gasteiger partial charge in [-0.3, -0.25) is 9.59 Å². The molecule has 0 aliphatic carbocycles. The molecule has 2 amide bonds. The smallest absolute Gasteiger partial charge is 0.311 e. The Morgan fingerprint density at radius 1 is 1.20 bits per heavy atom. The van der Waals surface area contributed by atoms with Gasteiger partial charge in [-0.2, -0.15) is 0 Å². The van der Waals surface area contributed by atoms with E-state index in [4.69, 9.17) is 0 Å². The summed E-state index contributed by atoms with van der Waals surface area (Å²) >= 11 is 0. The van der Waals surface area contributed by atoms with Crippen LogP contribution in [0, 0.1) is 6.92 Å². The molecule has 5 heteroatoms. The minimum absolute atomic E-state index is 0.171. The van der Waals surface area contributed by atoms with E-state index in [1.807, 2.05) is 38.1 Å². The lowest BCUT2D eigenvalue weighted by molar-refractivity contribution is -0.146. The number of amides is 2. The molecule has 1 aliphatic rings. The molecule has 0 radical (unpaired) electrons. The summed E-state index contributed by atoms with van der Waals surface area (Å²) in [4.78, 5) is 25.6. The summed E-state index contributed by atoms with van der Waals surface area (Å²) in [6, 6.07) is 7.76. The van der Waals surface area contributed by atoms with Crippen molar-refractivity contribution in [2.45, 2.75) is 19.9 Å². The molecule has 0 bridgehead atoms. The molecule has 0 aromatic heterocycles. The van der Waals surface area contributed by atoms with Crippen molar-refractivity contribution >= 4 is 11.8 Å². The number of benzene rings is 1. The maximum atomic E-state index is 12.0. The monoisotopic (exact) mass is 275 g/mol. The standard InChI is InChI=1S/C15H21N3O2/c1-11-3-5-13(6-4-11)12(2)17-14(19)15(20)18-9-7-16-8-10-18/h3-6,12,16H,7-10H2,1-2H3,(H,17,19). The molecular weight excluding hydrogens is 254 g/mol. The van der Waals surface area contributed by atoms with Gasteiger partial charge in [0.15, 0.2) is 0 Å². The van der Waals surface area contributed by atoms with Gasteiger partial charge in [0.2, 0.25) is 0 Å². The predicted molar refractivity (Wildman–Crippen MR) is 77.2 cm³/mol. The molecule has 1 atom stereocenters. The van der Waals surface area contributed by atoms with Crippen LogP contribution in [0.5, 0.6) is 0 Å². The maximum absolute atomic E-state index is 12.0. The van der Waals surface area contributed by atoms with E-state index in [-0.39, 0.29) is 6.04 Å². The normalized spacial score (nSPS) is 16.6. The van der Waals surface area contributed by atoms with Crippen LogP contribution in [0.3, 0.4) is 0 Å². The third-order valence-corrected chi connectivity index (χ3v) is 3.52. The van der Waals surface area contributed by atoms with Crippen molar-refractivity contribution in [2.75, 3.05) is 26.2 Å². The molecule has 1 saturated heterocycles. The van der Waals surface area contributed by atoms with Crippen LogP contribution in [0.15, 0.2) is 24.3 Å².